The number of aromatic nitrogens is 2. The summed E-state index contributed by atoms with van der Waals surface area (Å²) in [4.78, 5) is 8.47. The highest BCUT2D eigenvalue weighted by Crippen LogP contribution is 2.09. The summed E-state index contributed by atoms with van der Waals surface area (Å²) in [5.41, 5.74) is 0.707. The van der Waals surface area contributed by atoms with Gasteiger partial charge in [-0.1, -0.05) is 25.1 Å². The summed E-state index contributed by atoms with van der Waals surface area (Å²) >= 11 is 0. The van der Waals surface area contributed by atoms with Crippen LogP contribution in [0.1, 0.15) is 18.9 Å². The van der Waals surface area contributed by atoms with Crippen molar-refractivity contribution < 1.29 is 4.39 Å². The molecule has 1 heterocycles. The molecule has 2 rings (SSSR count). The molecule has 4 nitrogen and oxygen atoms in total. The highest BCUT2D eigenvalue weighted by Gasteiger charge is 2.01. The van der Waals surface area contributed by atoms with Crippen LogP contribution in [0.15, 0.2) is 36.5 Å². The molecule has 0 amide bonds. The Labute approximate surface area is 118 Å². The van der Waals surface area contributed by atoms with E-state index in [4.69, 9.17) is 0 Å². The van der Waals surface area contributed by atoms with Gasteiger partial charge >= 0.3 is 0 Å². The molecule has 20 heavy (non-hydrogen) atoms. The molecule has 5 heteroatoms. The van der Waals surface area contributed by atoms with Crippen molar-refractivity contribution in [2.75, 3.05) is 23.7 Å². The van der Waals surface area contributed by atoms with Crippen molar-refractivity contribution in [3.05, 3.63) is 47.9 Å². The van der Waals surface area contributed by atoms with Crippen molar-refractivity contribution in [1.29, 1.82) is 0 Å². The first-order valence-corrected chi connectivity index (χ1v) is 6.84. The van der Waals surface area contributed by atoms with Gasteiger partial charge in [0, 0.05) is 19.3 Å². The molecule has 1 aromatic heterocycles. The maximum atomic E-state index is 13.5. The van der Waals surface area contributed by atoms with E-state index >= 15 is 0 Å². The van der Waals surface area contributed by atoms with Crippen molar-refractivity contribution in [3.8, 4) is 0 Å². The van der Waals surface area contributed by atoms with Crippen LogP contribution in [0.3, 0.4) is 0 Å². The SMILES string of the molecule is CCCNc1nccc(NCCc2ccccc2F)n1. The lowest BCUT2D eigenvalue weighted by molar-refractivity contribution is 0.610. The maximum absolute atomic E-state index is 13.5. The minimum atomic E-state index is -0.165. The summed E-state index contributed by atoms with van der Waals surface area (Å²) in [5, 5.41) is 6.31. The highest BCUT2D eigenvalue weighted by atomic mass is 19.1. The maximum Gasteiger partial charge on any atom is 0.224 e. The Morgan fingerprint density at radius 3 is 2.75 bits per heavy atom. The molecular weight excluding hydrogens is 255 g/mol. The molecule has 0 atom stereocenters. The third-order valence-corrected chi connectivity index (χ3v) is 2.85. The zero-order valence-corrected chi connectivity index (χ0v) is 11.6. The molecule has 2 aromatic rings. The lowest BCUT2D eigenvalue weighted by Crippen LogP contribution is -2.10. The largest absolute Gasteiger partial charge is 0.370 e. The third-order valence-electron chi connectivity index (χ3n) is 2.85. The minimum absolute atomic E-state index is 0.165. The van der Waals surface area contributed by atoms with Crippen molar-refractivity contribution in [3.63, 3.8) is 0 Å². The molecule has 0 aliphatic rings. The Balaban J connectivity index is 1.86. The van der Waals surface area contributed by atoms with E-state index in [0.29, 0.717) is 24.5 Å². The Bertz CT molecular complexity index is 545. The molecule has 0 aliphatic heterocycles. The average Bonchev–Trinajstić information content (AvgIpc) is 2.48. The van der Waals surface area contributed by atoms with Gasteiger partial charge in [-0.2, -0.15) is 4.98 Å². The second kappa shape index (κ2) is 7.43. The van der Waals surface area contributed by atoms with E-state index in [1.165, 1.54) is 6.07 Å². The van der Waals surface area contributed by atoms with Crippen LogP contribution in [0.5, 0.6) is 0 Å². The number of benzene rings is 1. The fourth-order valence-electron chi connectivity index (χ4n) is 1.81. The van der Waals surface area contributed by atoms with Crippen molar-refractivity contribution in [2.24, 2.45) is 0 Å². The van der Waals surface area contributed by atoms with Gasteiger partial charge in [-0.15, -0.1) is 0 Å². The molecule has 0 saturated heterocycles. The fourth-order valence-corrected chi connectivity index (χ4v) is 1.81. The average molecular weight is 274 g/mol. The van der Waals surface area contributed by atoms with Crippen LogP contribution in [0.4, 0.5) is 16.2 Å². The van der Waals surface area contributed by atoms with Gasteiger partial charge in [-0.3, -0.25) is 0 Å². The molecular formula is C15H19FN4. The van der Waals surface area contributed by atoms with Crippen LogP contribution in [-0.4, -0.2) is 23.1 Å². The number of hydrogen-bond donors (Lipinski definition) is 2. The van der Waals surface area contributed by atoms with Gasteiger partial charge in [0.05, 0.1) is 0 Å². The van der Waals surface area contributed by atoms with Gasteiger partial charge in [0.25, 0.3) is 0 Å². The van der Waals surface area contributed by atoms with Crippen LogP contribution in [0.25, 0.3) is 0 Å². The first-order valence-electron chi connectivity index (χ1n) is 6.84. The quantitative estimate of drug-likeness (QED) is 0.814. The summed E-state index contributed by atoms with van der Waals surface area (Å²) in [6.45, 7) is 3.56. The highest BCUT2D eigenvalue weighted by molar-refractivity contribution is 5.39. The molecule has 1 aromatic carbocycles. The van der Waals surface area contributed by atoms with E-state index in [1.54, 1.807) is 24.4 Å². The standard InChI is InChI=1S/C15H19FN4/c1-2-9-18-15-19-11-8-14(20-15)17-10-7-12-5-3-4-6-13(12)16/h3-6,8,11H,2,7,9-10H2,1H3,(H2,17,18,19,20). The second-order valence-electron chi connectivity index (χ2n) is 4.46. The topological polar surface area (TPSA) is 49.8 Å². The van der Waals surface area contributed by atoms with Gasteiger partial charge in [0.2, 0.25) is 5.95 Å². The lowest BCUT2D eigenvalue weighted by Gasteiger charge is -2.08. The van der Waals surface area contributed by atoms with Crippen LogP contribution in [0.2, 0.25) is 0 Å². The van der Waals surface area contributed by atoms with Gasteiger partial charge in [-0.05, 0) is 30.5 Å². The zero-order chi connectivity index (χ0) is 14.2. The number of hydrogen-bond acceptors (Lipinski definition) is 4. The summed E-state index contributed by atoms with van der Waals surface area (Å²) in [6, 6.07) is 8.62. The summed E-state index contributed by atoms with van der Waals surface area (Å²) in [6.07, 6.45) is 3.35. The van der Waals surface area contributed by atoms with E-state index in [-0.39, 0.29) is 5.82 Å². The Morgan fingerprint density at radius 1 is 1.10 bits per heavy atom. The monoisotopic (exact) mass is 274 g/mol. The van der Waals surface area contributed by atoms with Gasteiger partial charge in [-0.25, -0.2) is 9.37 Å². The van der Waals surface area contributed by atoms with Gasteiger partial charge in [0.1, 0.15) is 11.6 Å². The molecule has 0 fully saturated rings. The predicted octanol–water partition coefficient (Wildman–Crippen LogP) is 3.09. The van der Waals surface area contributed by atoms with E-state index in [2.05, 4.69) is 27.5 Å². The predicted molar refractivity (Wildman–Crippen MR) is 79.4 cm³/mol. The van der Waals surface area contributed by atoms with Crippen LogP contribution in [0, 0.1) is 5.82 Å². The summed E-state index contributed by atoms with van der Waals surface area (Å²) < 4.78 is 13.5. The van der Waals surface area contributed by atoms with E-state index in [0.717, 1.165) is 18.8 Å². The Morgan fingerprint density at radius 2 is 1.95 bits per heavy atom. The van der Waals surface area contributed by atoms with Crippen molar-refractivity contribution >= 4 is 11.8 Å². The number of halogens is 1. The molecule has 0 saturated carbocycles. The number of nitrogens with zero attached hydrogens (tertiary/aromatic N) is 2. The Kier molecular flexibility index (Phi) is 5.29. The van der Waals surface area contributed by atoms with Crippen LogP contribution < -0.4 is 10.6 Å². The van der Waals surface area contributed by atoms with Crippen LogP contribution >= 0.6 is 0 Å². The first kappa shape index (κ1) is 14.2. The van der Waals surface area contributed by atoms with E-state index < -0.39 is 0 Å². The molecule has 0 spiro atoms. The van der Waals surface area contributed by atoms with Crippen molar-refractivity contribution in [2.45, 2.75) is 19.8 Å². The second-order valence-corrected chi connectivity index (χ2v) is 4.46. The molecule has 106 valence electrons. The first-order chi connectivity index (χ1) is 9.79. The summed E-state index contributed by atoms with van der Waals surface area (Å²) in [5.74, 6) is 1.19. The molecule has 0 aliphatic carbocycles. The van der Waals surface area contributed by atoms with E-state index in [9.17, 15) is 4.39 Å². The van der Waals surface area contributed by atoms with Crippen LogP contribution in [-0.2, 0) is 6.42 Å². The number of nitrogens with one attached hydrogen (secondary N) is 2. The van der Waals surface area contributed by atoms with E-state index in [1.807, 2.05) is 6.07 Å². The normalized spacial score (nSPS) is 10.3. The molecule has 0 radical (unpaired) electrons. The Hall–Kier alpha value is -2.17. The lowest BCUT2D eigenvalue weighted by atomic mass is 10.1. The fraction of sp³-hybridized carbons (Fsp3) is 0.333. The summed E-state index contributed by atoms with van der Waals surface area (Å²) in [7, 11) is 0. The molecule has 0 unspecified atom stereocenters. The van der Waals surface area contributed by atoms with Gasteiger partial charge in [0.15, 0.2) is 0 Å². The molecule has 0 bridgehead atoms. The zero-order valence-electron chi connectivity index (χ0n) is 11.6. The number of anilines is 2. The van der Waals surface area contributed by atoms with Crippen molar-refractivity contribution in [1.82, 2.24) is 9.97 Å². The number of rotatable bonds is 7. The van der Waals surface area contributed by atoms with Gasteiger partial charge < -0.3 is 10.6 Å². The molecule has 2 N–H and O–H groups in total. The minimum Gasteiger partial charge on any atom is -0.370 e. The third kappa shape index (κ3) is 4.19. The smallest absolute Gasteiger partial charge is 0.224 e.